The van der Waals surface area contributed by atoms with Crippen LogP contribution in [0.25, 0.3) is 11.5 Å². The molecule has 2 aromatic heterocycles. The normalized spacial score (nSPS) is 11.4. The number of ether oxygens (including phenoxy) is 2. The number of benzene rings is 1. The lowest BCUT2D eigenvalue weighted by Gasteiger charge is -2.10. The number of halogens is 7. The third-order valence-corrected chi connectivity index (χ3v) is 5.53. The van der Waals surface area contributed by atoms with E-state index in [2.05, 4.69) is 15.1 Å². The Morgan fingerprint density at radius 3 is 2.54 bits per heavy atom. The Morgan fingerprint density at radius 1 is 1.11 bits per heavy atom. The third kappa shape index (κ3) is 7.64. The highest BCUT2D eigenvalue weighted by atomic mass is 35.5. The smallest absolute Gasteiger partial charge is 0.417 e. The number of hydrogen-bond acceptors (Lipinski definition) is 6. The van der Waals surface area contributed by atoms with Crippen molar-refractivity contribution < 1.29 is 27.2 Å². The third-order valence-electron chi connectivity index (χ3n) is 4.67. The minimum Gasteiger partial charge on any atom is -0.494 e. The fourth-order valence-electron chi connectivity index (χ4n) is 3.03. The van der Waals surface area contributed by atoms with E-state index in [4.69, 9.17) is 60.4 Å². The molecule has 0 aliphatic carbocycles. The van der Waals surface area contributed by atoms with Gasteiger partial charge in [0, 0.05) is 12.6 Å². The highest BCUT2D eigenvalue weighted by molar-refractivity contribution is 6.55. The standard InChI is InChI=1S/C22H18Cl4F3N3O3/c1-33-19-14(8-12(9-15(19)23)5-6-17(25)26)20-31-18(32-35-20)4-2-3-7-34-21-16(24)10-13(11-30-21)22(27,28)29/h6,8-11H,2-5,7H2,1H3. The fraction of sp³-hybridized carbons (Fsp3) is 0.318. The second-order valence-corrected chi connectivity index (χ2v) is 9.01. The van der Waals surface area contributed by atoms with E-state index >= 15 is 0 Å². The molecule has 0 radical (unpaired) electrons. The van der Waals surface area contributed by atoms with Gasteiger partial charge < -0.3 is 14.0 Å². The van der Waals surface area contributed by atoms with Crippen molar-refractivity contribution in [3.05, 3.63) is 62.0 Å². The van der Waals surface area contributed by atoms with Crippen LogP contribution in [0, 0.1) is 0 Å². The maximum atomic E-state index is 12.7. The van der Waals surface area contributed by atoms with Crippen LogP contribution in [0.2, 0.25) is 10.0 Å². The lowest BCUT2D eigenvalue weighted by atomic mass is 10.1. The Morgan fingerprint density at radius 2 is 1.89 bits per heavy atom. The molecule has 188 valence electrons. The molecule has 13 heteroatoms. The van der Waals surface area contributed by atoms with Gasteiger partial charge in [0.05, 0.1) is 29.9 Å². The predicted molar refractivity (Wildman–Crippen MR) is 127 cm³/mol. The van der Waals surface area contributed by atoms with Gasteiger partial charge >= 0.3 is 6.18 Å². The van der Waals surface area contributed by atoms with Gasteiger partial charge in [-0.2, -0.15) is 18.2 Å². The Kier molecular flexibility index (Phi) is 9.52. The molecular formula is C22H18Cl4F3N3O3. The van der Waals surface area contributed by atoms with Crippen LogP contribution in [0.1, 0.15) is 29.8 Å². The van der Waals surface area contributed by atoms with E-state index in [0.29, 0.717) is 54.0 Å². The summed E-state index contributed by atoms with van der Waals surface area (Å²) in [4.78, 5) is 8.04. The summed E-state index contributed by atoms with van der Waals surface area (Å²) in [6, 6.07) is 4.30. The number of nitrogens with zero attached hydrogens (tertiary/aromatic N) is 3. The summed E-state index contributed by atoms with van der Waals surface area (Å²) in [5.41, 5.74) is 0.404. The van der Waals surface area contributed by atoms with Gasteiger partial charge in [-0.25, -0.2) is 4.98 Å². The summed E-state index contributed by atoms with van der Waals surface area (Å²) < 4.78 is 54.4. The topological polar surface area (TPSA) is 70.3 Å². The van der Waals surface area contributed by atoms with Crippen molar-refractivity contribution in [1.29, 1.82) is 0 Å². The average Bonchev–Trinajstić information content (AvgIpc) is 3.26. The first kappa shape index (κ1) is 27.4. The summed E-state index contributed by atoms with van der Waals surface area (Å²) in [7, 11) is 1.48. The van der Waals surface area contributed by atoms with Crippen molar-refractivity contribution in [2.24, 2.45) is 0 Å². The lowest BCUT2D eigenvalue weighted by molar-refractivity contribution is -0.137. The van der Waals surface area contributed by atoms with Gasteiger partial charge in [0.2, 0.25) is 5.88 Å². The van der Waals surface area contributed by atoms with E-state index in [9.17, 15) is 13.2 Å². The van der Waals surface area contributed by atoms with Crippen molar-refractivity contribution in [2.75, 3.05) is 13.7 Å². The fourth-order valence-corrected chi connectivity index (χ4v) is 3.73. The predicted octanol–water partition coefficient (Wildman–Crippen LogP) is 7.73. The molecule has 0 amide bonds. The second kappa shape index (κ2) is 12.2. The first-order chi connectivity index (χ1) is 16.6. The molecule has 0 fully saturated rings. The summed E-state index contributed by atoms with van der Waals surface area (Å²) in [6.07, 6.45) is -0.130. The Labute approximate surface area is 218 Å². The molecule has 0 bridgehead atoms. The number of aryl methyl sites for hydroxylation is 1. The Bertz CT molecular complexity index is 1200. The minimum atomic E-state index is -4.52. The van der Waals surface area contributed by atoms with Crippen LogP contribution in [0.5, 0.6) is 11.6 Å². The Balaban J connectivity index is 1.58. The average molecular weight is 571 g/mol. The van der Waals surface area contributed by atoms with Crippen LogP contribution in [0.15, 0.2) is 39.5 Å². The van der Waals surface area contributed by atoms with Crippen LogP contribution < -0.4 is 9.47 Å². The molecule has 0 unspecified atom stereocenters. The molecule has 0 aliphatic rings. The number of pyridine rings is 1. The van der Waals surface area contributed by atoms with Crippen LogP contribution in [-0.4, -0.2) is 28.8 Å². The highest BCUT2D eigenvalue weighted by Gasteiger charge is 2.31. The molecule has 1 aromatic carbocycles. The second-order valence-electron chi connectivity index (χ2n) is 7.19. The number of allylic oxidation sites excluding steroid dienone is 1. The van der Waals surface area contributed by atoms with Crippen LogP contribution in [-0.2, 0) is 19.0 Å². The van der Waals surface area contributed by atoms with Gasteiger partial charge in [-0.1, -0.05) is 51.6 Å². The number of methoxy groups -OCH3 is 1. The summed E-state index contributed by atoms with van der Waals surface area (Å²) in [5, 5.41) is 4.14. The zero-order valence-electron chi connectivity index (χ0n) is 18.1. The first-order valence-electron chi connectivity index (χ1n) is 10.1. The number of alkyl halides is 3. The quantitative estimate of drug-likeness (QED) is 0.232. The first-order valence-corrected chi connectivity index (χ1v) is 11.7. The van der Waals surface area contributed by atoms with Crippen LogP contribution >= 0.6 is 46.4 Å². The number of rotatable bonds is 10. The summed E-state index contributed by atoms with van der Waals surface area (Å²) in [6.45, 7) is 0.199. The van der Waals surface area contributed by atoms with E-state index in [0.717, 1.165) is 11.6 Å². The summed E-state index contributed by atoms with van der Waals surface area (Å²) in [5.74, 6) is 1.02. The molecule has 6 nitrogen and oxygen atoms in total. The summed E-state index contributed by atoms with van der Waals surface area (Å²) >= 11 is 23.5. The molecule has 3 aromatic rings. The highest BCUT2D eigenvalue weighted by Crippen LogP contribution is 2.37. The maximum absolute atomic E-state index is 12.7. The van der Waals surface area contributed by atoms with Gasteiger partial charge in [0.15, 0.2) is 5.82 Å². The molecule has 0 saturated carbocycles. The zero-order valence-corrected chi connectivity index (χ0v) is 21.2. The lowest BCUT2D eigenvalue weighted by Crippen LogP contribution is -2.07. The van der Waals surface area contributed by atoms with E-state index in [1.807, 2.05) is 0 Å². The van der Waals surface area contributed by atoms with Gasteiger partial charge in [-0.05, 0) is 49.1 Å². The Hall–Kier alpha value is -2.20. The minimum absolute atomic E-state index is 0.0596. The SMILES string of the molecule is COc1c(Cl)cc(CC=C(Cl)Cl)cc1-c1nc(CCCCOc2ncc(C(F)(F)F)cc2Cl)no1. The number of unbranched alkanes of at least 4 members (excludes halogenated alkanes) is 1. The molecular weight excluding hydrogens is 553 g/mol. The van der Waals surface area contributed by atoms with E-state index in [-0.39, 0.29) is 27.9 Å². The van der Waals surface area contributed by atoms with E-state index < -0.39 is 11.7 Å². The molecule has 0 saturated heterocycles. The van der Waals surface area contributed by atoms with Crippen molar-refractivity contribution >= 4 is 46.4 Å². The monoisotopic (exact) mass is 569 g/mol. The number of aromatic nitrogens is 3. The van der Waals surface area contributed by atoms with Gasteiger partial charge in [-0.15, -0.1) is 0 Å². The van der Waals surface area contributed by atoms with Crippen molar-refractivity contribution in [2.45, 2.75) is 31.9 Å². The molecule has 0 atom stereocenters. The van der Waals surface area contributed by atoms with Crippen molar-refractivity contribution in [1.82, 2.24) is 15.1 Å². The van der Waals surface area contributed by atoms with E-state index in [1.54, 1.807) is 18.2 Å². The van der Waals surface area contributed by atoms with Crippen LogP contribution in [0.3, 0.4) is 0 Å². The van der Waals surface area contributed by atoms with Crippen LogP contribution in [0.4, 0.5) is 13.2 Å². The molecule has 35 heavy (non-hydrogen) atoms. The molecule has 2 heterocycles. The van der Waals surface area contributed by atoms with E-state index in [1.165, 1.54) is 7.11 Å². The molecule has 0 N–H and O–H groups in total. The van der Waals surface area contributed by atoms with Gasteiger partial charge in [0.25, 0.3) is 5.89 Å². The maximum Gasteiger partial charge on any atom is 0.417 e. The molecule has 0 aliphatic heterocycles. The van der Waals surface area contributed by atoms with Crippen molar-refractivity contribution in [3.8, 4) is 23.1 Å². The molecule has 0 spiro atoms. The molecule has 3 rings (SSSR count). The van der Waals surface area contributed by atoms with Gasteiger partial charge in [0.1, 0.15) is 15.3 Å². The van der Waals surface area contributed by atoms with Crippen molar-refractivity contribution in [3.63, 3.8) is 0 Å². The zero-order chi connectivity index (χ0) is 25.6. The van der Waals surface area contributed by atoms with Gasteiger partial charge in [-0.3, -0.25) is 0 Å². The number of hydrogen-bond donors (Lipinski definition) is 0. The largest absolute Gasteiger partial charge is 0.494 e.